The van der Waals surface area contributed by atoms with Crippen molar-refractivity contribution in [1.29, 1.82) is 0 Å². The molecule has 2 aromatic carbocycles. The summed E-state index contributed by atoms with van der Waals surface area (Å²) in [5.41, 5.74) is 3.72. The third-order valence-electron chi connectivity index (χ3n) is 7.90. The molecule has 5 rings (SSSR count). The maximum atomic E-state index is 13.9. The van der Waals surface area contributed by atoms with Crippen molar-refractivity contribution in [2.75, 3.05) is 12.0 Å². The number of carbonyl (C=O) groups excluding carboxylic acids is 2. The van der Waals surface area contributed by atoms with Gasteiger partial charge in [-0.25, -0.2) is 0 Å². The molecular weight excluding hydrogens is 422 g/mol. The summed E-state index contributed by atoms with van der Waals surface area (Å²) >= 11 is 0. The van der Waals surface area contributed by atoms with E-state index in [2.05, 4.69) is 44.7 Å². The number of anilines is 1. The standard InChI is InChI=1S/C30H35NO3/c1-29(2)15-21-27(23(32)17-29)26(20-13-9-10-14-25(20)34-5)28-22(16-30(3,4)18-24(28)33)31(21)19-11-7-6-8-12-19/h6-14,21,26-27H,15-18H2,1-5H3/t21-,26-,27-/m0/s1. The van der Waals surface area contributed by atoms with Crippen LogP contribution in [0.2, 0.25) is 0 Å². The van der Waals surface area contributed by atoms with Gasteiger partial charge in [-0.1, -0.05) is 64.1 Å². The minimum absolute atomic E-state index is 0.00554. The molecule has 0 spiro atoms. The van der Waals surface area contributed by atoms with Crippen LogP contribution >= 0.6 is 0 Å². The van der Waals surface area contributed by atoms with Crippen LogP contribution < -0.4 is 9.64 Å². The lowest BCUT2D eigenvalue weighted by Crippen LogP contribution is -2.57. The third-order valence-corrected chi connectivity index (χ3v) is 7.90. The molecule has 0 aromatic heterocycles. The van der Waals surface area contributed by atoms with E-state index < -0.39 is 0 Å². The van der Waals surface area contributed by atoms with Crippen molar-refractivity contribution in [3.05, 3.63) is 71.4 Å². The van der Waals surface area contributed by atoms with Gasteiger partial charge in [0.2, 0.25) is 0 Å². The van der Waals surface area contributed by atoms with Crippen LogP contribution in [0.5, 0.6) is 5.75 Å². The minimum Gasteiger partial charge on any atom is -0.496 e. The van der Waals surface area contributed by atoms with Crippen LogP contribution in [0.3, 0.4) is 0 Å². The van der Waals surface area contributed by atoms with Crippen LogP contribution in [-0.2, 0) is 9.59 Å². The number of fused-ring (bicyclic) bond motifs is 1. The van der Waals surface area contributed by atoms with E-state index in [9.17, 15) is 9.59 Å². The Morgan fingerprint density at radius 1 is 0.853 bits per heavy atom. The summed E-state index contributed by atoms with van der Waals surface area (Å²) in [6.45, 7) is 8.75. The zero-order valence-electron chi connectivity index (χ0n) is 20.9. The molecule has 2 aromatic rings. The molecule has 0 amide bonds. The van der Waals surface area contributed by atoms with Crippen LogP contribution in [-0.4, -0.2) is 24.7 Å². The van der Waals surface area contributed by atoms with E-state index in [-0.39, 0.29) is 40.3 Å². The summed E-state index contributed by atoms with van der Waals surface area (Å²) in [4.78, 5) is 30.2. The van der Waals surface area contributed by atoms with Gasteiger partial charge in [-0.2, -0.15) is 0 Å². The van der Waals surface area contributed by atoms with Gasteiger partial charge in [0.1, 0.15) is 11.5 Å². The largest absolute Gasteiger partial charge is 0.496 e. The Hall–Kier alpha value is -2.88. The highest BCUT2D eigenvalue weighted by atomic mass is 16.5. The van der Waals surface area contributed by atoms with Gasteiger partial charge >= 0.3 is 0 Å². The number of allylic oxidation sites excluding steroid dienone is 2. The monoisotopic (exact) mass is 457 g/mol. The predicted octanol–water partition coefficient (Wildman–Crippen LogP) is 6.32. The van der Waals surface area contributed by atoms with E-state index in [4.69, 9.17) is 4.74 Å². The lowest BCUT2D eigenvalue weighted by molar-refractivity contribution is -0.130. The number of benzene rings is 2. The molecule has 0 unspecified atom stereocenters. The predicted molar refractivity (Wildman–Crippen MR) is 135 cm³/mol. The second-order valence-electron chi connectivity index (χ2n) is 11.8. The molecule has 0 saturated heterocycles. The smallest absolute Gasteiger partial charge is 0.161 e. The van der Waals surface area contributed by atoms with Crippen molar-refractivity contribution < 1.29 is 14.3 Å². The van der Waals surface area contributed by atoms with Crippen LogP contribution in [0.1, 0.15) is 64.9 Å². The van der Waals surface area contributed by atoms with E-state index in [1.807, 2.05) is 42.5 Å². The van der Waals surface area contributed by atoms with E-state index in [0.717, 1.165) is 41.1 Å². The maximum absolute atomic E-state index is 13.9. The average Bonchev–Trinajstić information content (AvgIpc) is 2.76. The molecule has 1 aliphatic heterocycles. The van der Waals surface area contributed by atoms with E-state index in [1.165, 1.54) is 0 Å². The minimum atomic E-state index is -0.284. The number of hydrogen-bond acceptors (Lipinski definition) is 4. The SMILES string of the molecule is COc1ccccc1[C@@H]1C2=C(CC(C)(C)CC2=O)N(c2ccccc2)[C@H]2CC(C)(C)CC(=O)[C@@H]12. The quantitative estimate of drug-likeness (QED) is 0.541. The Balaban J connectivity index is 1.82. The third kappa shape index (κ3) is 3.77. The zero-order valence-corrected chi connectivity index (χ0v) is 20.9. The second-order valence-corrected chi connectivity index (χ2v) is 11.8. The van der Waals surface area contributed by atoms with Gasteiger partial charge in [0.25, 0.3) is 0 Å². The van der Waals surface area contributed by atoms with E-state index in [0.29, 0.717) is 12.8 Å². The molecule has 4 heteroatoms. The number of hydrogen-bond donors (Lipinski definition) is 0. The van der Waals surface area contributed by atoms with Crippen LogP contribution in [0, 0.1) is 16.7 Å². The molecule has 1 saturated carbocycles. The molecule has 2 aliphatic carbocycles. The van der Waals surface area contributed by atoms with Gasteiger partial charge in [-0.05, 0) is 41.9 Å². The average molecular weight is 458 g/mol. The molecule has 1 fully saturated rings. The number of carbonyl (C=O) groups is 2. The van der Waals surface area contributed by atoms with Gasteiger partial charge in [-0.3, -0.25) is 9.59 Å². The fourth-order valence-corrected chi connectivity index (χ4v) is 6.69. The Kier molecular flexibility index (Phi) is 5.46. The summed E-state index contributed by atoms with van der Waals surface area (Å²) in [7, 11) is 1.67. The summed E-state index contributed by atoms with van der Waals surface area (Å²) < 4.78 is 5.76. The van der Waals surface area contributed by atoms with Gasteiger partial charge in [0.05, 0.1) is 7.11 Å². The Morgan fingerprint density at radius 2 is 1.53 bits per heavy atom. The Labute approximate surface area is 203 Å². The van der Waals surface area contributed by atoms with E-state index >= 15 is 0 Å². The number of ketones is 2. The highest BCUT2D eigenvalue weighted by Crippen LogP contribution is 2.57. The maximum Gasteiger partial charge on any atom is 0.161 e. The molecule has 0 N–H and O–H groups in total. The molecule has 34 heavy (non-hydrogen) atoms. The first-order valence-electron chi connectivity index (χ1n) is 12.4. The summed E-state index contributed by atoms with van der Waals surface area (Å²) in [6.07, 6.45) is 2.74. The molecule has 0 bridgehead atoms. The topological polar surface area (TPSA) is 46.6 Å². The zero-order chi connectivity index (χ0) is 24.3. The molecule has 3 atom stereocenters. The molecule has 3 aliphatic rings. The van der Waals surface area contributed by atoms with Gasteiger partial charge in [0, 0.05) is 53.2 Å². The molecular formula is C30H35NO3. The number of nitrogens with zero attached hydrogens (tertiary/aromatic N) is 1. The van der Waals surface area contributed by atoms with Crippen molar-refractivity contribution in [3.63, 3.8) is 0 Å². The first-order valence-corrected chi connectivity index (χ1v) is 12.4. The highest BCUT2D eigenvalue weighted by Gasteiger charge is 2.55. The summed E-state index contributed by atoms with van der Waals surface area (Å²) in [6, 6.07) is 18.3. The Morgan fingerprint density at radius 3 is 2.24 bits per heavy atom. The molecule has 1 heterocycles. The van der Waals surface area contributed by atoms with Gasteiger partial charge in [-0.15, -0.1) is 0 Å². The first-order chi connectivity index (χ1) is 16.1. The Bertz CT molecular complexity index is 1160. The second kappa shape index (κ2) is 8.11. The lowest BCUT2D eigenvalue weighted by Gasteiger charge is -2.55. The van der Waals surface area contributed by atoms with Gasteiger partial charge < -0.3 is 9.64 Å². The molecule has 4 nitrogen and oxygen atoms in total. The van der Waals surface area contributed by atoms with Crippen LogP contribution in [0.25, 0.3) is 0 Å². The number of ether oxygens (including phenoxy) is 1. The van der Waals surface area contributed by atoms with Crippen molar-refractivity contribution in [2.45, 2.75) is 65.3 Å². The number of Topliss-reactive ketones (excluding diaryl/α,β-unsaturated/α-hetero) is 2. The number of methoxy groups -OCH3 is 1. The summed E-state index contributed by atoms with van der Waals surface area (Å²) in [5, 5.41) is 0. The fourth-order valence-electron chi connectivity index (χ4n) is 6.69. The van der Waals surface area contributed by atoms with Crippen LogP contribution in [0.15, 0.2) is 65.9 Å². The first kappa shape index (κ1) is 22.9. The van der Waals surface area contributed by atoms with Crippen molar-refractivity contribution >= 4 is 17.3 Å². The fraction of sp³-hybridized carbons (Fsp3) is 0.467. The van der Waals surface area contributed by atoms with E-state index in [1.54, 1.807) is 7.11 Å². The normalized spacial score (nSPS) is 27.8. The van der Waals surface area contributed by atoms with Crippen LogP contribution in [0.4, 0.5) is 5.69 Å². The molecule has 178 valence electrons. The number of para-hydroxylation sites is 2. The van der Waals surface area contributed by atoms with Crippen molar-refractivity contribution in [1.82, 2.24) is 0 Å². The summed E-state index contributed by atoms with van der Waals surface area (Å²) in [5.74, 6) is 0.611. The lowest BCUT2D eigenvalue weighted by atomic mass is 9.58. The van der Waals surface area contributed by atoms with Gasteiger partial charge in [0.15, 0.2) is 5.78 Å². The van der Waals surface area contributed by atoms with Crippen molar-refractivity contribution in [2.24, 2.45) is 16.7 Å². The molecule has 0 radical (unpaired) electrons. The highest BCUT2D eigenvalue weighted by molar-refractivity contribution is 6.02. The number of rotatable bonds is 3. The van der Waals surface area contributed by atoms with Crippen molar-refractivity contribution in [3.8, 4) is 5.75 Å².